The maximum atomic E-state index is 9.29. The van der Waals surface area contributed by atoms with Crippen molar-refractivity contribution in [2.45, 2.75) is 18.6 Å². The maximum Gasteiger partial charge on any atom is 0.0682 e. The molecule has 2 N–H and O–H groups in total. The summed E-state index contributed by atoms with van der Waals surface area (Å²) in [6, 6.07) is 0.615. The smallest absolute Gasteiger partial charge is 0.0682 e. The molecule has 2 atom stereocenters. The minimum absolute atomic E-state index is 0. The lowest BCUT2D eigenvalue weighted by Crippen LogP contribution is -2.47. The zero-order valence-corrected chi connectivity index (χ0v) is 8.53. The number of hydrogen-bond acceptors (Lipinski definition) is 3. The quantitative estimate of drug-likeness (QED) is 0.590. The number of halogens is 2. The zero-order valence-electron chi connectivity index (χ0n) is 6.90. The molecule has 0 aliphatic carbocycles. The molecule has 0 aromatic heterocycles. The van der Waals surface area contributed by atoms with E-state index >= 15 is 0 Å². The van der Waals surface area contributed by atoms with Crippen LogP contribution in [0.25, 0.3) is 0 Å². The fourth-order valence-corrected chi connectivity index (χ4v) is 1.94. The van der Waals surface area contributed by atoms with E-state index in [4.69, 9.17) is 0 Å². The van der Waals surface area contributed by atoms with Crippen molar-refractivity contribution in [1.82, 2.24) is 10.2 Å². The van der Waals surface area contributed by atoms with Crippen LogP contribution in [0.3, 0.4) is 0 Å². The Bertz CT molecular complexity index is 123. The Labute approximate surface area is 85.3 Å². The van der Waals surface area contributed by atoms with Crippen LogP contribution >= 0.6 is 24.8 Å². The highest BCUT2D eigenvalue weighted by Gasteiger charge is 2.31. The Morgan fingerprint density at radius 2 is 2.08 bits per heavy atom. The molecule has 74 valence electrons. The van der Waals surface area contributed by atoms with E-state index in [0.29, 0.717) is 6.04 Å². The highest BCUT2D eigenvalue weighted by molar-refractivity contribution is 5.85. The second-order valence-electron chi connectivity index (χ2n) is 3.24. The number of aliphatic hydroxyl groups is 1. The first-order valence-electron chi connectivity index (χ1n) is 3.99. The van der Waals surface area contributed by atoms with Gasteiger partial charge in [0.1, 0.15) is 0 Å². The van der Waals surface area contributed by atoms with Gasteiger partial charge in [0.15, 0.2) is 0 Å². The first-order valence-corrected chi connectivity index (χ1v) is 3.99. The summed E-state index contributed by atoms with van der Waals surface area (Å²) in [6.45, 7) is 4.16. The number of hydrogen-bond donors (Lipinski definition) is 2. The highest BCUT2D eigenvalue weighted by Crippen LogP contribution is 2.18. The van der Waals surface area contributed by atoms with E-state index in [-0.39, 0.29) is 30.9 Å². The maximum absolute atomic E-state index is 9.29. The second kappa shape index (κ2) is 5.25. The van der Waals surface area contributed by atoms with Crippen LogP contribution in [0.2, 0.25) is 0 Å². The van der Waals surface area contributed by atoms with E-state index in [1.54, 1.807) is 0 Å². The van der Waals surface area contributed by atoms with Gasteiger partial charge in [0.2, 0.25) is 0 Å². The summed E-state index contributed by atoms with van der Waals surface area (Å²) >= 11 is 0. The third-order valence-electron chi connectivity index (χ3n) is 2.46. The van der Waals surface area contributed by atoms with Crippen molar-refractivity contribution in [1.29, 1.82) is 0 Å². The van der Waals surface area contributed by atoms with Gasteiger partial charge in [0.05, 0.1) is 6.10 Å². The van der Waals surface area contributed by atoms with Crippen molar-refractivity contribution in [3.8, 4) is 0 Å². The summed E-state index contributed by atoms with van der Waals surface area (Å²) in [6.07, 6.45) is 0.900. The van der Waals surface area contributed by atoms with Gasteiger partial charge < -0.3 is 10.4 Å². The lowest BCUT2D eigenvalue weighted by molar-refractivity contribution is 0.170. The number of rotatable bonds is 0. The minimum atomic E-state index is -0.0649. The SMILES string of the molecule is Cl.Cl.OC1C[C@H]2CNCCN2C1. The van der Waals surface area contributed by atoms with Gasteiger partial charge >= 0.3 is 0 Å². The summed E-state index contributed by atoms with van der Waals surface area (Å²) in [7, 11) is 0. The molecular weight excluding hydrogens is 199 g/mol. The Hall–Kier alpha value is 0.460. The number of aliphatic hydroxyl groups excluding tert-OH is 1. The second-order valence-corrected chi connectivity index (χ2v) is 3.24. The van der Waals surface area contributed by atoms with Crippen molar-refractivity contribution in [3.05, 3.63) is 0 Å². The standard InChI is InChI=1S/C7H14N2O.2ClH/c10-7-3-6-4-8-1-2-9(6)5-7;;/h6-8,10H,1-5H2;2*1H/t6-,7?;;/m0../s1. The number of piperazine rings is 1. The van der Waals surface area contributed by atoms with E-state index in [0.717, 1.165) is 32.6 Å². The molecule has 2 aliphatic rings. The molecule has 5 heteroatoms. The predicted molar refractivity (Wildman–Crippen MR) is 53.4 cm³/mol. The first kappa shape index (κ1) is 12.5. The Morgan fingerprint density at radius 1 is 1.33 bits per heavy atom. The fraction of sp³-hybridized carbons (Fsp3) is 1.00. The van der Waals surface area contributed by atoms with Gasteiger partial charge in [-0.2, -0.15) is 0 Å². The Kier molecular flexibility index (Phi) is 5.45. The van der Waals surface area contributed by atoms with E-state index in [1.807, 2.05) is 0 Å². The molecule has 3 nitrogen and oxygen atoms in total. The molecule has 0 aromatic carbocycles. The monoisotopic (exact) mass is 214 g/mol. The van der Waals surface area contributed by atoms with Crippen molar-refractivity contribution in [2.24, 2.45) is 0 Å². The van der Waals surface area contributed by atoms with Crippen LogP contribution in [0.4, 0.5) is 0 Å². The molecule has 0 amide bonds. The molecule has 2 saturated heterocycles. The molecule has 2 fully saturated rings. The van der Waals surface area contributed by atoms with E-state index in [2.05, 4.69) is 10.2 Å². The average Bonchev–Trinajstić information content (AvgIpc) is 2.27. The minimum Gasteiger partial charge on any atom is -0.392 e. The fourth-order valence-electron chi connectivity index (χ4n) is 1.94. The molecule has 0 bridgehead atoms. The molecule has 2 aliphatic heterocycles. The van der Waals surface area contributed by atoms with Crippen molar-refractivity contribution in [2.75, 3.05) is 26.2 Å². The summed E-state index contributed by atoms with van der Waals surface area (Å²) in [5, 5.41) is 12.6. The van der Waals surface area contributed by atoms with Gasteiger partial charge in [-0.3, -0.25) is 4.90 Å². The molecule has 0 saturated carbocycles. The van der Waals surface area contributed by atoms with Crippen molar-refractivity contribution < 1.29 is 5.11 Å². The lowest BCUT2D eigenvalue weighted by Gasteiger charge is -2.29. The molecular formula is C7H16Cl2N2O. The molecule has 0 radical (unpaired) electrons. The molecule has 1 unspecified atom stereocenters. The van der Waals surface area contributed by atoms with E-state index < -0.39 is 0 Å². The summed E-state index contributed by atoms with van der Waals surface area (Å²) < 4.78 is 0. The van der Waals surface area contributed by atoms with Gasteiger partial charge in [-0.1, -0.05) is 0 Å². The molecule has 2 heterocycles. The van der Waals surface area contributed by atoms with Crippen LogP contribution in [0, 0.1) is 0 Å². The zero-order chi connectivity index (χ0) is 6.97. The summed E-state index contributed by atoms with van der Waals surface area (Å²) in [5.41, 5.74) is 0. The highest BCUT2D eigenvalue weighted by atomic mass is 35.5. The van der Waals surface area contributed by atoms with Crippen LogP contribution in [-0.4, -0.2) is 48.3 Å². The van der Waals surface area contributed by atoms with E-state index in [9.17, 15) is 5.11 Å². The van der Waals surface area contributed by atoms with Crippen LogP contribution in [-0.2, 0) is 0 Å². The number of fused-ring (bicyclic) bond motifs is 1. The summed E-state index contributed by atoms with van der Waals surface area (Å²) in [5.74, 6) is 0. The van der Waals surface area contributed by atoms with Crippen molar-refractivity contribution in [3.63, 3.8) is 0 Å². The van der Waals surface area contributed by atoms with Crippen LogP contribution in [0.5, 0.6) is 0 Å². The van der Waals surface area contributed by atoms with Crippen LogP contribution in [0.1, 0.15) is 6.42 Å². The Morgan fingerprint density at radius 3 is 2.75 bits per heavy atom. The third-order valence-corrected chi connectivity index (χ3v) is 2.46. The Balaban J connectivity index is 0.000000605. The van der Waals surface area contributed by atoms with Crippen LogP contribution in [0.15, 0.2) is 0 Å². The van der Waals surface area contributed by atoms with Gasteiger partial charge in [-0.05, 0) is 6.42 Å². The average molecular weight is 215 g/mol. The van der Waals surface area contributed by atoms with Crippen LogP contribution < -0.4 is 5.32 Å². The molecule has 0 spiro atoms. The molecule has 2 rings (SSSR count). The number of nitrogens with zero attached hydrogens (tertiary/aromatic N) is 1. The predicted octanol–water partition coefficient (Wildman–Crippen LogP) is -0.132. The van der Waals surface area contributed by atoms with Gasteiger partial charge in [-0.15, -0.1) is 24.8 Å². The molecule has 12 heavy (non-hydrogen) atoms. The topological polar surface area (TPSA) is 35.5 Å². The molecule has 0 aromatic rings. The van der Waals surface area contributed by atoms with Gasteiger partial charge in [-0.25, -0.2) is 0 Å². The normalized spacial score (nSPS) is 34.8. The van der Waals surface area contributed by atoms with Crippen molar-refractivity contribution >= 4 is 24.8 Å². The largest absolute Gasteiger partial charge is 0.392 e. The van der Waals surface area contributed by atoms with E-state index in [1.165, 1.54) is 0 Å². The lowest BCUT2D eigenvalue weighted by atomic mass is 10.2. The third kappa shape index (κ3) is 2.47. The summed E-state index contributed by atoms with van der Waals surface area (Å²) in [4.78, 5) is 2.38. The first-order chi connectivity index (χ1) is 4.86. The van der Waals surface area contributed by atoms with Gasteiger partial charge in [0.25, 0.3) is 0 Å². The number of nitrogens with one attached hydrogen (secondary N) is 1. The van der Waals surface area contributed by atoms with Gasteiger partial charge in [0, 0.05) is 32.2 Å².